The Morgan fingerprint density at radius 1 is 1.21 bits per heavy atom. The van der Waals surface area contributed by atoms with Crippen LogP contribution in [0, 0.1) is 11.7 Å². The minimum Gasteiger partial charge on any atom is -0.465 e. The number of amides is 1. The van der Waals surface area contributed by atoms with Crippen LogP contribution in [-0.2, 0) is 31.0 Å². The van der Waals surface area contributed by atoms with E-state index in [4.69, 9.17) is 15.2 Å². The molecule has 2 aromatic rings. The summed E-state index contributed by atoms with van der Waals surface area (Å²) in [4.78, 5) is 29.3. The molecule has 0 bridgehead atoms. The van der Waals surface area contributed by atoms with Crippen molar-refractivity contribution < 1.29 is 23.5 Å². The average Bonchev–Trinajstić information content (AvgIpc) is 3.34. The van der Waals surface area contributed by atoms with Crippen molar-refractivity contribution in [1.29, 1.82) is 0 Å². The summed E-state index contributed by atoms with van der Waals surface area (Å²) in [5.41, 5.74) is 13.4. The fraction of sp³-hybridized carbons (Fsp3) is 0.360. The lowest BCUT2D eigenvalue weighted by atomic mass is 9.61. The lowest BCUT2D eigenvalue weighted by molar-refractivity contribution is -0.142. The van der Waals surface area contributed by atoms with E-state index in [1.165, 1.54) is 19.2 Å². The Balaban J connectivity index is 1.73. The molecule has 1 spiro atoms. The SMILES string of the molecule is CCCC1NNC2OC(N)=C(C(=O)OC)C3(C(=O)N(Cc4ccc(F)cc4)c4ccccc43)C12. The van der Waals surface area contributed by atoms with E-state index >= 15 is 0 Å². The van der Waals surface area contributed by atoms with E-state index in [0.29, 0.717) is 11.3 Å². The number of rotatable bonds is 5. The summed E-state index contributed by atoms with van der Waals surface area (Å²) in [6, 6.07) is 13.3. The predicted octanol–water partition coefficient (Wildman–Crippen LogP) is 2.20. The molecular weight excluding hydrogens is 439 g/mol. The summed E-state index contributed by atoms with van der Waals surface area (Å²) in [6.45, 7) is 2.27. The first-order valence-electron chi connectivity index (χ1n) is 11.4. The van der Waals surface area contributed by atoms with E-state index in [-0.39, 0.29) is 35.8 Å². The van der Waals surface area contributed by atoms with Gasteiger partial charge in [-0.2, -0.15) is 0 Å². The molecule has 4 N–H and O–H groups in total. The van der Waals surface area contributed by atoms with Gasteiger partial charge in [-0.05, 0) is 35.7 Å². The van der Waals surface area contributed by atoms with Gasteiger partial charge in [-0.15, -0.1) is 0 Å². The van der Waals surface area contributed by atoms with Crippen molar-refractivity contribution in [2.75, 3.05) is 12.0 Å². The molecular formula is C25H27FN4O4. The molecule has 0 aliphatic carbocycles. The fourth-order valence-electron chi connectivity index (χ4n) is 5.67. The monoisotopic (exact) mass is 466 g/mol. The molecule has 1 saturated heterocycles. The molecule has 3 aliphatic rings. The number of anilines is 1. The number of carbonyl (C=O) groups excluding carboxylic acids is 2. The minimum atomic E-state index is -1.41. The highest BCUT2D eigenvalue weighted by Gasteiger charge is 2.68. The maximum atomic E-state index is 14.5. The zero-order chi connectivity index (χ0) is 24.0. The van der Waals surface area contributed by atoms with Crippen molar-refractivity contribution in [2.24, 2.45) is 11.7 Å². The van der Waals surface area contributed by atoms with Gasteiger partial charge in [-0.25, -0.2) is 14.6 Å². The molecule has 4 unspecified atom stereocenters. The van der Waals surface area contributed by atoms with Crippen molar-refractivity contribution in [3.8, 4) is 0 Å². The number of fused-ring (bicyclic) bond motifs is 4. The molecule has 3 heterocycles. The highest BCUT2D eigenvalue weighted by atomic mass is 19.1. The zero-order valence-corrected chi connectivity index (χ0v) is 19.0. The number of nitrogens with one attached hydrogen (secondary N) is 2. The van der Waals surface area contributed by atoms with Gasteiger partial charge in [0.25, 0.3) is 0 Å². The molecule has 8 nitrogen and oxygen atoms in total. The molecule has 178 valence electrons. The van der Waals surface area contributed by atoms with Crippen LogP contribution in [0.5, 0.6) is 0 Å². The third kappa shape index (κ3) is 3.11. The zero-order valence-electron chi connectivity index (χ0n) is 19.0. The van der Waals surface area contributed by atoms with Crippen molar-refractivity contribution in [2.45, 2.75) is 44.0 Å². The van der Waals surface area contributed by atoms with Crippen LogP contribution in [-0.4, -0.2) is 31.3 Å². The highest BCUT2D eigenvalue weighted by Crippen LogP contribution is 2.56. The average molecular weight is 467 g/mol. The minimum absolute atomic E-state index is 0.0157. The molecule has 4 atom stereocenters. The van der Waals surface area contributed by atoms with Crippen LogP contribution in [0.4, 0.5) is 10.1 Å². The fourth-order valence-corrected chi connectivity index (χ4v) is 5.67. The van der Waals surface area contributed by atoms with Crippen LogP contribution in [0.3, 0.4) is 0 Å². The quantitative estimate of drug-likeness (QED) is 0.580. The second-order valence-corrected chi connectivity index (χ2v) is 8.82. The molecule has 1 fully saturated rings. The van der Waals surface area contributed by atoms with E-state index in [9.17, 15) is 14.0 Å². The first-order valence-corrected chi connectivity index (χ1v) is 11.4. The van der Waals surface area contributed by atoms with Gasteiger partial charge in [0.15, 0.2) is 12.1 Å². The normalized spacial score (nSPS) is 27.6. The number of halogens is 1. The molecule has 5 rings (SSSR count). The standard InChI is InChI=1S/C25H27FN4O4/c1-3-6-17-19-22(29-28-17)34-21(27)20(23(31)33-2)25(19)16-7-4-5-8-18(16)30(24(25)32)13-14-9-11-15(26)12-10-14/h4-5,7-12,17,19,22,28-29H,3,6,13,27H2,1-2H3. The summed E-state index contributed by atoms with van der Waals surface area (Å²) in [6.07, 6.45) is 0.995. The summed E-state index contributed by atoms with van der Waals surface area (Å²) >= 11 is 0. The van der Waals surface area contributed by atoms with Gasteiger partial charge in [0.2, 0.25) is 5.91 Å². The molecule has 1 amide bonds. The van der Waals surface area contributed by atoms with E-state index in [1.807, 2.05) is 24.3 Å². The predicted molar refractivity (Wildman–Crippen MR) is 122 cm³/mol. The second-order valence-electron chi connectivity index (χ2n) is 8.82. The van der Waals surface area contributed by atoms with Crippen LogP contribution >= 0.6 is 0 Å². The third-order valence-corrected chi connectivity index (χ3v) is 7.01. The van der Waals surface area contributed by atoms with Crippen molar-refractivity contribution >= 4 is 17.6 Å². The van der Waals surface area contributed by atoms with Gasteiger partial charge in [-0.3, -0.25) is 10.2 Å². The Bertz CT molecular complexity index is 1170. The largest absolute Gasteiger partial charge is 0.465 e. The summed E-state index contributed by atoms with van der Waals surface area (Å²) < 4.78 is 24.5. The van der Waals surface area contributed by atoms with Crippen LogP contribution in [0.25, 0.3) is 0 Å². The van der Waals surface area contributed by atoms with Gasteiger partial charge >= 0.3 is 5.97 Å². The summed E-state index contributed by atoms with van der Waals surface area (Å²) in [7, 11) is 1.26. The number of carbonyl (C=O) groups is 2. The Hall–Kier alpha value is -3.43. The van der Waals surface area contributed by atoms with Gasteiger partial charge < -0.3 is 20.1 Å². The molecule has 0 radical (unpaired) electrons. The van der Waals surface area contributed by atoms with Gasteiger partial charge in [0.1, 0.15) is 16.8 Å². The number of hydrogen-bond donors (Lipinski definition) is 3. The second kappa shape index (κ2) is 8.41. The Morgan fingerprint density at radius 2 is 1.94 bits per heavy atom. The van der Waals surface area contributed by atoms with E-state index in [2.05, 4.69) is 17.8 Å². The number of ether oxygens (including phenoxy) is 2. The maximum Gasteiger partial charge on any atom is 0.340 e. The van der Waals surface area contributed by atoms with E-state index < -0.39 is 23.5 Å². The Labute approximate surface area is 196 Å². The Kier molecular flexibility index (Phi) is 5.53. The number of para-hydroxylation sites is 1. The highest BCUT2D eigenvalue weighted by molar-refractivity contribution is 6.16. The van der Waals surface area contributed by atoms with Gasteiger partial charge in [-0.1, -0.05) is 43.7 Å². The molecule has 3 aliphatic heterocycles. The summed E-state index contributed by atoms with van der Waals surface area (Å²) in [5, 5.41) is 0. The third-order valence-electron chi connectivity index (χ3n) is 7.01. The van der Waals surface area contributed by atoms with Crippen LogP contribution in [0.15, 0.2) is 60.0 Å². The first-order chi connectivity index (χ1) is 16.4. The van der Waals surface area contributed by atoms with E-state index in [0.717, 1.165) is 18.4 Å². The van der Waals surface area contributed by atoms with Crippen LogP contribution in [0.2, 0.25) is 0 Å². The number of nitrogens with zero attached hydrogens (tertiary/aromatic N) is 1. The summed E-state index contributed by atoms with van der Waals surface area (Å²) in [5.74, 6) is -1.93. The van der Waals surface area contributed by atoms with Crippen LogP contribution < -0.4 is 21.5 Å². The van der Waals surface area contributed by atoms with Gasteiger partial charge in [0.05, 0.1) is 19.6 Å². The number of nitrogens with two attached hydrogens (primary N) is 1. The smallest absolute Gasteiger partial charge is 0.340 e. The molecule has 9 heteroatoms. The molecule has 34 heavy (non-hydrogen) atoms. The number of hydrogen-bond acceptors (Lipinski definition) is 7. The van der Waals surface area contributed by atoms with Crippen molar-refractivity contribution in [1.82, 2.24) is 10.9 Å². The maximum absolute atomic E-state index is 14.5. The number of esters is 1. The topological polar surface area (TPSA) is 106 Å². The lowest BCUT2D eigenvalue weighted by Crippen LogP contribution is -2.58. The van der Waals surface area contributed by atoms with Crippen molar-refractivity contribution in [3.05, 3.63) is 76.9 Å². The first kappa shape index (κ1) is 22.4. The lowest BCUT2D eigenvalue weighted by Gasteiger charge is -2.43. The van der Waals surface area contributed by atoms with E-state index in [1.54, 1.807) is 17.0 Å². The van der Waals surface area contributed by atoms with Crippen LogP contribution in [0.1, 0.15) is 30.9 Å². The number of methoxy groups -OCH3 is 1. The molecule has 0 saturated carbocycles. The van der Waals surface area contributed by atoms with Gasteiger partial charge in [0, 0.05) is 11.7 Å². The molecule has 2 aromatic carbocycles. The number of hydrazine groups is 1. The Morgan fingerprint density at radius 3 is 2.65 bits per heavy atom. The number of benzene rings is 2. The van der Waals surface area contributed by atoms with Crippen molar-refractivity contribution in [3.63, 3.8) is 0 Å². The molecule has 0 aromatic heterocycles.